The van der Waals surface area contributed by atoms with Gasteiger partial charge in [0.05, 0.1) is 0 Å². The number of carbonyl (C=O) groups excluding carboxylic acids is 1. The zero-order valence-electron chi connectivity index (χ0n) is 13.2. The first kappa shape index (κ1) is 18.8. The maximum absolute atomic E-state index is 10.6. The molecule has 0 rings (SSSR count). The van der Waals surface area contributed by atoms with E-state index < -0.39 is 0 Å². The van der Waals surface area contributed by atoms with E-state index in [4.69, 9.17) is 0 Å². The maximum Gasteiger partial charge on any atom is 0.216 e. The number of carbonyl (C=O) groups is 1. The van der Waals surface area contributed by atoms with Gasteiger partial charge in [0.25, 0.3) is 0 Å². The van der Waals surface area contributed by atoms with Crippen LogP contribution in [-0.4, -0.2) is 24.0 Å². The molecule has 0 bridgehead atoms. The predicted molar refractivity (Wildman–Crippen MR) is 76.2 cm³/mol. The molecule has 1 unspecified atom stereocenters. The second-order valence-corrected chi connectivity index (χ2v) is 7.23. The Morgan fingerprint density at radius 2 is 1.41 bits per heavy atom. The molecule has 0 aliphatic carbocycles. The lowest BCUT2D eigenvalue weighted by Gasteiger charge is -2.26. The van der Waals surface area contributed by atoms with Crippen molar-refractivity contribution in [2.75, 3.05) is 6.54 Å². The van der Waals surface area contributed by atoms with Crippen LogP contribution in [0.25, 0.3) is 0 Å². The van der Waals surface area contributed by atoms with Crippen LogP contribution in [0, 0.1) is 5.41 Å². The quantitative estimate of drug-likeness (QED) is 0.801. The molecular weight excluding hydrogens is 212 g/mol. The van der Waals surface area contributed by atoms with Crippen molar-refractivity contribution in [1.82, 2.24) is 10.6 Å². The topological polar surface area (TPSA) is 41.1 Å². The van der Waals surface area contributed by atoms with Crippen molar-refractivity contribution in [2.45, 2.75) is 73.9 Å². The second-order valence-electron chi connectivity index (χ2n) is 7.23. The summed E-state index contributed by atoms with van der Waals surface area (Å²) in [6.45, 7) is 19.4. The zero-order chi connectivity index (χ0) is 14.3. The van der Waals surface area contributed by atoms with Crippen LogP contribution in [0.5, 0.6) is 0 Å². The summed E-state index contributed by atoms with van der Waals surface area (Å²) >= 11 is 0. The Labute approximate surface area is 108 Å². The number of amides is 1. The number of hydrogen-bond acceptors (Lipinski definition) is 2. The molecule has 3 heteroatoms. The smallest absolute Gasteiger partial charge is 0.216 e. The number of hydrogen-bond donors (Lipinski definition) is 2. The summed E-state index contributed by atoms with van der Waals surface area (Å²) in [7, 11) is 0. The highest BCUT2D eigenvalue weighted by Crippen LogP contribution is 2.08. The first-order valence-electron chi connectivity index (χ1n) is 6.33. The summed E-state index contributed by atoms with van der Waals surface area (Å²) in [5.74, 6) is 0.0255. The van der Waals surface area contributed by atoms with Gasteiger partial charge in [-0.05, 0) is 33.1 Å². The average molecular weight is 244 g/mol. The predicted octanol–water partition coefficient (Wildman–Crippen LogP) is 2.95. The highest BCUT2D eigenvalue weighted by atomic mass is 16.1. The Morgan fingerprint density at radius 1 is 1.06 bits per heavy atom. The summed E-state index contributed by atoms with van der Waals surface area (Å²) in [6, 6.07) is 0.314. The summed E-state index contributed by atoms with van der Waals surface area (Å²) in [5, 5.41) is 6.13. The Morgan fingerprint density at radius 3 is 1.65 bits per heavy atom. The van der Waals surface area contributed by atoms with Crippen molar-refractivity contribution >= 4 is 5.91 Å². The van der Waals surface area contributed by atoms with Crippen molar-refractivity contribution in [3.63, 3.8) is 0 Å². The van der Waals surface area contributed by atoms with Gasteiger partial charge in [0.2, 0.25) is 5.91 Å². The summed E-state index contributed by atoms with van der Waals surface area (Å²) in [6.07, 6.45) is 0. The molecular formula is C14H32N2O. The normalized spacial score (nSPS) is 13.5. The minimum atomic E-state index is 0.0255. The van der Waals surface area contributed by atoms with Crippen LogP contribution in [0.1, 0.15) is 62.3 Å². The molecule has 0 aliphatic heterocycles. The molecule has 1 atom stereocenters. The summed E-state index contributed by atoms with van der Waals surface area (Å²) in [4.78, 5) is 10.6. The first-order chi connectivity index (χ1) is 7.31. The monoisotopic (exact) mass is 244 g/mol. The molecule has 0 aromatic carbocycles. The van der Waals surface area contributed by atoms with Gasteiger partial charge in [-0.25, -0.2) is 0 Å². The standard InChI is InChI=1S/C9H20N2O.C5H12/c1-7(6-10-8(2)12)11-9(3,4)5;1-5(2,3)4/h7,11H,6H2,1-5H3,(H,10,12);1-4H3. The number of rotatable bonds is 3. The van der Waals surface area contributed by atoms with Gasteiger partial charge in [0.15, 0.2) is 0 Å². The minimum absolute atomic E-state index is 0.0255. The van der Waals surface area contributed by atoms with Crippen molar-refractivity contribution in [3.8, 4) is 0 Å². The van der Waals surface area contributed by atoms with Crippen LogP contribution in [0.2, 0.25) is 0 Å². The van der Waals surface area contributed by atoms with Gasteiger partial charge in [-0.1, -0.05) is 27.7 Å². The molecule has 0 aromatic rings. The third-order valence-corrected chi connectivity index (χ3v) is 1.34. The van der Waals surface area contributed by atoms with Crippen molar-refractivity contribution in [2.24, 2.45) is 5.41 Å². The van der Waals surface area contributed by atoms with Gasteiger partial charge in [-0.3, -0.25) is 4.79 Å². The third kappa shape index (κ3) is 31.3. The second kappa shape index (κ2) is 7.70. The SMILES string of the molecule is CC(=O)NCC(C)NC(C)(C)C.CC(C)(C)C. The van der Waals surface area contributed by atoms with Crippen molar-refractivity contribution < 1.29 is 4.79 Å². The fourth-order valence-electron chi connectivity index (χ4n) is 1.09. The molecule has 17 heavy (non-hydrogen) atoms. The van der Waals surface area contributed by atoms with Gasteiger partial charge in [-0.2, -0.15) is 0 Å². The lowest BCUT2D eigenvalue weighted by molar-refractivity contribution is -0.119. The van der Waals surface area contributed by atoms with E-state index >= 15 is 0 Å². The van der Waals surface area contributed by atoms with Crippen LogP contribution in [-0.2, 0) is 4.79 Å². The molecule has 3 nitrogen and oxygen atoms in total. The number of nitrogens with one attached hydrogen (secondary N) is 2. The lowest BCUT2D eigenvalue weighted by Crippen LogP contribution is -2.47. The fourth-order valence-corrected chi connectivity index (χ4v) is 1.09. The highest BCUT2D eigenvalue weighted by molar-refractivity contribution is 5.72. The van der Waals surface area contributed by atoms with Crippen LogP contribution < -0.4 is 10.6 Å². The van der Waals surface area contributed by atoms with Crippen molar-refractivity contribution in [1.29, 1.82) is 0 Å². The average Bonchev–Trinajstić information content (AvgIpc) is 1.93. The van der Waals surface area contributed by atoms with E-state index in [-0.39, 0.29) is 11.4 Å². The highest BCUT2D eigenvalue weighted by Gasteiger charge is 2.12. The summed E-state index contributed by atoms with van der Waals surface area (Å²) < 4.78 is 0. The van der Waals surface area contributed by atoms with E-state index in [1.165, 1.54) is 6.92 Å². The van der Waals surface area contributed by atoms with E-state index in [0.29, 0.717) is 18.0 Å². The molecule has 0 aromatic heterocycles. The Bertz CT molecular complexity index is 205. The molecule has 0 saturated heterocycles. The molecule has 0 saturated carbocycles. The van der Waals surface area contributed by atoms with Crippen LogP contribution >= 0.6 is 0 Å². The molecule has 2 N–H and O–H groups in total. The fraction of sp³-hybridized carbons (Fsp3) is 0.929. The molecule has 104 valence electrons. The molecule has 0 spiro atoms. The Hall–Kier alpha value is -0.570. The lowest BCUT2D eigenvalue weighted by atomic mass is 10.0. The summed E-state index contributed by atoms with van der Waals surface area (Å²) in [5.41, 5.74) is 0.609. The van der Waals surface area contributed by atoms with Gasteiger partial charge in [-0.15, -0.1) is 0 Å². The molecule has 1 amide bonds. The van der Waals surface area contributed by atoms with Crippen LogP contribution in [0.15, 0.2) is 0 Å². The molecule has 0 radical (unpaired) electrons. The maximum atomic E-state index is 10.6. The van der Waals surface area contributed by atoms with Gasteiger partial charge in [0, 0.05) is 25.0 Å². The van der Waals surface area contributed by atoms with E-state index in [1.807, 2.05) is 0 Å². The zero-order valence-corrected chi connectivity index (χ0v) is 13.2. The van der Waals surface area contributed by atoms with E-state index in [2.05, 4.69) is 66.0 Å². The third-order valence-electron chi connectivity index (χ3n) is 1.34. The molecule has 0 aliphatic rings. The Balaban J connectivity index is 0. The van der Waals surface area contributed by atoms with Crippen molar-refractivity contribution in [3.05, 3.63) is 0 Å². The van der Waals surface area contributed by atoms with E-state index in [1.54, 1.807) is 0 Å². The van der Waals surface area contributed by atoms with Gasteiger partial charge >= 0.3 is 0 Å². The van der Waals surface area contributed by atoms with Gasteiger partial charge in [0.1, 0.15) is 0 Å². The van der Waals surface area contributed by atoms with E-state index in [9.17, 15) is 4.79 Å². The van der Waals surface area contributed by atoms with E-state index in [0.717, 1.165) is 0 Å². The van der Waals surface area contributed by atoms with Crippen LogP contribution in [0.4, 0.5) is 0 Å². The first-order valence-corrected chi connectivity index (χ1v) is 6.33. The Kier molecular flexibility index (Phi) is 8.51. The molecule has 0 fully saturated rings. The minimum Gasteiger partial charge on any atom is -0.355 e. The van der Waals surface area contributed by atoms with Gasteiger partial charge < -0.3 is 10.6 Å². The largest absolute Gasteiger partial charge is 0.355 e. The molecule has 0 heterocycles. The van der Waals surface area contributed by atoms with Crippen LogP contribution in [0.3, 0.4) is 0 Å².